The maximum atomic E-state index is 12.5. The largest absolute Gasteiger partial charge is 0.573 e. The van der Waals surface area contributed by atoms with E-state index >= 15 is 0 Å². The summed E-state index contributed by atoms with van der Waals surface area (Å²) in [6.07, 6.45) is -3.36. The summed E-state index contributed by atoms with van der Waals surface area (Å²) in [7, 11) is 0. The number of carbonyl (C=O) groups excluding carboxylic acids is 2. The Hall–Kier alpha value is -5.38. The lowest BCUT2D eigenvalue weighted by molar-refractivity contribution is -0.274. The number of benzene rings is 3. The van der Waals surface area contributed by atoms with Crippen LogP contribution in [0.25, 0.3) is 17.1 Å². The van der Waals surface area contributed by atoms with Gasteiger partial charge in [-0.25, -0.2) is 19.3 Å². The average Bonchev–Trinajstić information content (AvgIpc) is 3.60. The van der Waals surface area contributed by atoms with Crippen molar-refractivity contribution in [3.05, 3.63) is 84.2 Å². The van der Waals surface area contributed by atoms with Crippen LogP contribution in [0.4, 0.5) is 23.7 Å². The highest BCUT2D eigenvalue weighted by atomic mass is 32.2. The fourth-order valence-electron chi connectivity index (χ4n) is 4.05. The van der Waals surface area contributed by atoms with Crippen LogP contribution in [0.3, 0.4) is 0 Å². The lowest BCUT2D eigenvalue weighted by atomic mass is 10.1. The maximum absolute atomic E-state index is 12.5. The predicted octanol–water partition coefficient (Wildman–Crippen LogP) is 5.02. The Morgan fingerprint density at radius 2 is 1.77 bits per heavy atom. The summed E-state index contributed by atoms with van der Waals surface area (Å²) < 4.78 is 47.9. The molecular formula is C28H21F3N6O6S. The zero-order valence-corrected chi connectivity index (χ0v) is 23.4. The fraction of sp³-hybridized carbons (Fsp3) is 0.143. The molecule has 226 valence electrons. The number of thioether (sulfide) groups is 1. The molecule has 1 fully saturated rings. The summed E-state index contributed by atoms with van der Waals surface area (Å²) in [6, 6.07) is 15.4. The van der Waals surface area contributed by atoms with E-state index in [9.17, 15) is 32.7 Å². The highest BCUT2D eigenvalue weighted by molar-refractivity contribution is 8.15. The molecule has 0 aliphatic carbocycles. The lowest BCUT2D eigenvalue weighted by Gasteiger charge is -2.18. The molecule has 1 aromatic heterocycles. The van der Waals surface area contributed by atoms with Crippen molar-refractivity contribution in [3.63, 3.8) is 0 Å². The van der Waals surface area contributed by atoms with Crippen molar-refractivity contribution >= 4 is 40.5 Å². The normalized spacial score (nSPS) is 14.1. The molecular weight excluding hydrogens is 605 g/mol. The molecule has 3 amide bonds. The van der Waals surface area contributed by atoms with E-state index in [-0.39, 0.29) is 34.9 Å². The van der Waals surface area contributed by atoms with E-state index in [4.69, 9.17) is 4.74 Å². The van der Waals surface area contributed by atoms with Crippen LogP contribution in [0.5, 0.6) is 11.5 Å². The first kappa shape index (κ1) is 30.1. The molecule has 0 bridgehead atoms. The second-order valence-electron chi connectivity index (χ2n) is 9.07. The molecule has 0 radical (unpaired) electrons. The summed E-state index contributed by atoms with van der Waals surface area (Å²) in [5.41, 5.74) is 2.16. The molecule has 1 saturated heterocycles. The van der Waals surface area contributed by atoms with Gasteiger partial charge in [0.15, 0.2) is 17.7 Å². The number of carboxylic acid groups (broad SMARTS) is 1. The number of amides is 3. The molecule has 0 saturated carbocycles. The van der Waals surface area contributed by atoms with Crippen LogP contribution in [0.15, 0.2) is 78.0 Å². The number of aromatic carboxylic acids is 1. The van der Waals surface area contributed by atoms with E-state index in [2.05, 4.69) is 25.1 Å². The molecule has 16 heteroatoms. The van der Waals surface area contributed by atoms with E-state index in [1.807, 2.05) is 0 Å². The highest BCUT2D eigenvalue weighted by Gasteiger charge is 2.32. The number of aromatic nitrogens is 3. The van der Waals surface area contributed by atoms with Crippen molar-refractivity contribution in [1.82, 2.24) is 20.1 Å². The molecule has 12 nitrogen and oxygen atoms in total. The summed E-state index contributed by atoms with van der Waals surface area (Å²) >= 11 is 1.08. The molecule has 0 unspecified atom stereocenters. The number of hydrogen-bond acceptors (Lipinski definition) is 8. The third-order valence-corrected chi connectivity index (χ3v) is 6.97. The van der Waals surface area contributed by atoms with Gasteiger partial charge in [0.25, 0.3) is 0 Å². The van der Waals surface area contributed by atoms with E-state index in [0.29, 0.717) is 34.1 Å². The molecule has 44 heavy (non-hydrogen) atoms. The number of aryl methyl sites for hydroxylation is 1. The van der Waals surface area contributed by atoms with Gasteiger partial charge in [0, 0.05) is 5.56 Å². The minimum atomic E-state index is -4.78. The van der Waals surface area contributed by atoms with Crippen molar-refractivity contribution in [2.24, 2.45) is 4.99 Å². The molecule has 3 aromatic carbocycles. The van der Waals surface area contributed by atoms with Crippen molar-refractivity contribution < 1.29 is 42.1 Å². The van der Waals surface area contributed by atoms with Crippen molar-refractivity contribution in [2.45, 2.75) is 13.3 Å². The number of halogens is 3. The van der Waals surface area contributed by atoms with Gasteiger partial charge in [-0.2, -0.15) is 4.99 Å². The SMILES string of the molecule is Cc1cc(C(=O)O)ccc1N1C(=O)CS/C1=N\C(=O)NCOc1ccc(-c2ncn(-c3ccc(OC(F)(F)F)cc3)n2)cc1. The Kier molecular flexibility index (Phi) is 8.52. The minimum absolute atomic E-state index is 0.0741. The molecule has 2 heterocycles. The van der Waals surface area contributed by atoms with E-state index in [0.717, 1.165) is 11.8 Å². The average molecular weight is 627 g/mol. The minimum Gasteiger partial charge on any atom is -0.478 e. The zero-order chi connectivity index (χ0) is 31.4. The van der Waals surface area contributed by atoms with Gasteiger partial charge < -0.3 is 19.9 Å². The van der Waals surface area contributed by atoms with Gasteiger partial charge in [-0.05, 0) is 79.2 Å². The van der Waals surface area contributed by atoms with Crippen LogP contribution in [-0.2, 0) is 4.79 Å². The van der Waals surface area contributed by atoms with Crippen LogP contribution in [0.2, 0.25) is 0 Å². The standard InChI is InChI=1S/C28H21F3N6O6S/c1-16-12-18(25(39)40)4-11-22(16)37-23(38)13-44-27(37)34-26(41)33-15-42-20-7-2-17(3-8-20)24-32-14-36(35-24)19-5-9-21(10-6-19)43-28(29,30)31/h2-12,14H,13,15H2,1H3,(H,33,41)(H,39,40)/b34-27-. The van der Waals surface area contributed by atoms with Gasteiger partial charge in [-0.1, -0.05) is 11.8 Å². The summed E-state index contributed by atoms with van der Waals surface area (Å²) in [6.45, 7) is 1.44. The van der Waals surface area contributed by atoms with Crippen LogP contribution < -0.4 is 19.7 Å². The highest BCUT2D eigenvalue weighted by Crippen LogP contribution is 2.30. The van der Waals surface area contributed by atoms with Crippen LogP contribution in [0.1, 0.15) is 15.9 Å². The number of rotatable bonds is 8. The molecule has 0 atom stereocenters. The zero-order valence-electron chi connectivity index (χ0n) is 22.6. The van der Waals surface area contributed by atoms with Crippen molar-refractivity contribution in [1.29, 1.82) is 0 Å². The molecule has 1 aliphatic rings. The number of carboxylic acids is 1. The van der Waals surface area contributed by atoms with E-state index in [1.54, 1.807) is 31.2 Å². The van der Waals surface area contributed by atoms with Gasteiger partial charge in [0.2, 0.25) is 5.91 Å². The number of aliphatic imine (C=N–C) groups is 1. The van der Waals surface area contributed by atoms with Crippen LogP contribution in [0, 0.1) is 6.92 Å². The van der Waals surface area contributed by atoms with Crippen LogP contribution >= 0.6 is 11.8 Å². The van der Waals surface area contributed by atoms with Gasteiger partial charge >= 0.3 is 18.4 Å². The van der Waals surface area contributed by atoms with Crippen LogP contribution in [-0.4, -0.2) is 61.8 Å². The second-order valence-corrected chi connectivity index (χ2v) is 10.0. The lowest BCUT2D eigenvalue weighted by Crippen LogP contribution is -2.32. The maximum Gasteiger partial charge on any atom is 0.573 e. The third-order valence-electron chi connectivity index (χ3n) is 6.05. The quantitative estimate of drug-likeness (QED) is 0.257. The first-order chi connectivity index (χ1) is 21.0. The number of nitrogens with one attached hydrogen (secondary N) is 1. The Labute approximate surface area is 251 Å². The monoisotopic (exact) mass is 626 g/mol. The number of amidine groups is 1. The van der Waals surface area contributed by atoms with Gasteiger partial charge in [-0.15, -0.1) is 18.3 Å². The number of urea groups is 1. The van der Waals surface area contributed by atoms with E-state index in [1.165, 1.54) is 58.4 Å². The molecule has 1 aliphatic heterocycles. The van der Waals surface area contributed by atoms with E-state index < -0.39 is 18.4 Å². The Balaban J connectivity index is 1.16. The van der Waals surface area contributed by atoms with Gasteiger partial charge in [0.05, 0.1) is 22.7 Å². The number of nitrogens with zero attached hydrogens (tertiary/aromatic N) is 5. The molecule has 5 rings (SSSR count). The third kappa shape index (κ3) is 7.15. The smallest absolute Gasteiger partial charge is 0.478 e. The number of anilines is 1. The number of carbonyl (C=O) groups is 3. The first-order valence-corrected chi connectivity index (χ1v) is 13.6. The topological polar surface area (TPSA) is 148 Å². The van der Waals surface area contributed by atoms with Gasteiger partial charge in [0.1, 0.15) is 17.8 Å². The summed E-state index contributed by atoms with van der Waals surface area (Å²) in [4.78, 5) is 45.7. The fourth-order valence-corrected chi connectivity index (χ4v) is 4.91. The number of hydrogen-bond donors (Lipinski definition) is 2. The summed E-state index contributed by atoms with van der Waals surface area (Å²) in [5, 5.41) is 16.2. The van der Waals surface area contributed by atoms with Crippen molar-refractivity contribution in [2.75, 3.05) is 17.4 Å². The first-order valence-electron chi connectivity index (χ1n) is 12.6. The predicted molar refractivity (Wildman–Crippen MR) is 153 cm³/mol. The Bertz CT molecular complexity index is 1740. The number of ether oxygens (including phenoxy) is 2. The molecule has 2 N–H and O–H groups in total. The molecule has 4 aromatic rings. The Morgan fingerprint density at radius 3 is 2.43 bits per heavy atom. The molecule has 0 spiro atoms. The number of alkyl halides is 3. The summed E-state index contributed by atoms with van der Waals surface area (Å²) in [5.74, 6) is -0.888. The Morgan fingerprint density at radius 1 is 1.07 bits per heavy atom. The van der Waals surface area contributed by atoms with Gasteiger partial charge in [-0.3, -0.25) is 9.69 Å². The second kappa shape index (κ2) is 12.5. The van der Waals surface area contributed by atoms with Crippen molar-refractivity contribution in [3.8, 4) is 28.6 Å².